The van der Waals surface area contributed by atoms with Crippen LogP contribution < -0.4 is 16.8 Å². The molecule has 1 atom stereocenters. The lowest BCUT2D eigenvalue weighted by atomic mass is 10.3. The molecule has 1 aromatic rings. The topological polar surface area (TPSA) is 127 Å². The van der Waals surface area contributed by atoms with E-state index >= 15 is 0 Å². The number of aromatic nitrogens is 2. The number of anilines is 2. The van der Waals surface area contributed by atoms with E-state index in [0.29, 0.717) is 23.9 Å². The first kappa shape index (κ1) is 12.2. The van der Waals surface area contributed by atoms with Crippen LogP contribution in [0.4, 0.5) is 11.6 Å². The quantitative estimate of drug-likeness (QED) is 0.502. The van der Waals surface area contributed by atoms with Crippen molar-refractivity contribution in [2.45, 2.75) is 19.4 Å². The van der Waals surface area contributed by atoms with E-state index in [4.69, 9.17) is 11.5 Å². The number of aryl methyl sites for hydroxylation is 1. The molecular formula is C9H15N5O2. The first-order valence-electron chi connectivity index (χ1n) is 4.87. The lowest BCUT2D eigenvalue weighted by Crippen LogP contribution is -2.34. The summed E-state index contributed by atoms with van der Waals surface area (Å²) in [5.41, 5.74) is 10.5. The lowest BCUT2D eigenvalue weighted by Gasteiger charge is -2.10. The van der Waals surface area contributed by atoms with Gasteiger partial charge in [-0.3, -0.25) is 4.79 Å². The van der Waals surface area contributed by atoms with Gasteiger partial charge in [-0.2, -0.15) is 0 Å². The minimum absolute atomic E-state index is 0.00502. The number of primary amides is 1. The summed E-state index contributed by atoms with van der Waals surface area (Å²) in [5.74, 6) is 0.605. The summed E-state index contributed by atoms with van der Waals surface area (Å²) in [5, 5.41) is 11.9. The molecular weight excluding hydrogens is 210 g/mol. The van der Waals surface area contributed by atoms with E-state index < -0.39 is 12.0 Å². The minimum Gasteiger partial charge on any atom is -0.384 e. The van der Waals surface area contributed by atoms with Crippen LogP contribution in [0.5, 0.6) is 0 Å². The molecule has 0 fully saturated rings. The molecule has 0 radical (unpaired) electrons. The molecule has 7 nitrogen and oxygen atoms in total. The molecule has 0 aliphatic carbocycles. The Morgan fingerprint density at radius 1 is 1.62 bits per heavy atom. The fraction of sp³-hybridized carbons (Fsp3) is 0.444. The van der Waals surface area contributed by atoms with Gasteiger partial charge in [-0.1, -0.05) is 6.92 Å². The molecule has 0 saturated heterocycles. The number of nitrogens with zero attached hydrogens (tertiary/aromatic N) is 2. The highest BCUT2D eigenvalue weighted by Crippen LogP contribution is 2.08. The van der Waals surface area contributed by atoms with Crippen molar-refractivity contribution in [2.75, 3.05) is 17.6 Å². The number of amides is 1. The second-order valence-corrected chi connectivity index (χ2v) is 3.25. The number of hydrogen-bond acceptors (Lipinski definition) is 6. The Kier molecular flexibility index (Phi) is 4.01. The third-order valence-corrected chi connectivity index (χ3v) is 1.91. The number of aliphatic hydroxyl groups is 1. The highest BCUT2D eigenvalue weighted by Gasteiger charge is 2.10. The third-order valence-electron chi connectivity index (χ3n) is 1.91. The standard InChI is InChI=1S/C9H15N5O2/c1-2-7-13-6(10)3-8(14-7)12-4-5(15)9(11)16/h3,5,15H,2,4H2,1H3,(H2,11,16)(H3,10,12,13,14). The second kappa shape index (κ2) is 5.26. The largest absolute Gasteiger partial charge is 0.384 e. The van der Waals surface area contributed by atoms with Gasteiger partial charge in [0.15, 0.2) is 0 Å². The molecule has 1 rings (SSSR count). The van der Waals surface area contributed by atoms with Crippen LogP contribution in [0, 0.1) is 0 Å². The average Bonchev–Trinajstić information content (AvgIpc) is 2.24. The second-order valence-electron chi connectivity index (χ2n) is 3.25. The molecule has 1 unspecified atom stereocenters. The number of carbonyl (C=O) groups is 1. The van der Waals surface area contributed by atoms with Gasteiger partial charge >= 0.3 is 0 Å². The van der Waals surface area contributed by atoms with Gasteiger partial charge < -0.3 is 21.9 Å². The Labute approximate surface area is 92.9 Å². The van der Waals surface area contributed by atoms with Crippen LogP contribution in [-0.4, -0.2) is 33.6 Å². The van der Waals surface area contributed by atoms with Gasteiger partial charge in [-0.05, 0) is 0 Å². The maximum absolute atomic E-state index is 10.6. The smallest absolute Gasteiger partial charge is 0.248 e. The van der Waals surface area contributed by atoms with Gasteiger partial charge in [0.2, 0.25) is 5.91 Å². The summed E-state index contributed by atoms with van der Waals surface area (Å²) in [6.45, 7) is 1.89. The molecule has 0 aliphatic heterocycles. The van der Waals surface area contributed by atoms with Crippen molar-refractivity contribution in [3.63, 3.8) is 0 Å². The Morgan fingerprint density at radius 3 is 2.88 bits per heavy atom. The number of nitrogen functional groups attached to an aromatic ring is 1. The number of nitrogens with two attached hydrogens (primary N) is 2. The third kappa shape index (κ3) is 3.35. The first-order chi connectivity index (χ1) is 7.52. The van der Waals surface area contributed by atoms with Gasteiger partial charge in [-0.25, -0.2) is 9.97 Å². The summed E-state index contributed by atoms with van der Waals surface area (Å²) >= 11 is 0. The van der Waals surface area contributed by atoms with Crippen LogP contribution in [0.15, 0.2) is 6.07 Å². The average molecular weight is 225 g/mol. The van der Waals surface area contributed by atoms with Crippen LogP contribution >= 0.6 is 0 Å². The maximum Gasteiger partial charge on any atom is 0.248 e. The molecule has 0 aromatic carbocycles. The van der Waals surface area contributed by atoms with Crippen molar-refractivity contribution in [1.29, 1.82) is 0 Å². The Balaban J connectivity index is 2.66. The number of hydrogen-bond donors (Lipinski definition) is 4. The zero-order valence-corrected chi connectivity index (χ0v) is 8.97. The van der Waals surface area contributed by atoms with Crippen LogP contribution in [0.1, 0.15) is 12.7 Å². The Morgan fingerprint density at radius 2 is 2.31 bits per heavy atom. The number of rotatable bonds is 5. The molecule has 88 valence electrons. The van der Waals surface area contributed by atoms with E-state index in [9.17, 15) is 9.90 Å². The van der Waals surface area contributed by atoms with Crippen molar-refractivity contribution < 1.29 is 9.90 Å². The summed E-state index contributed by atoms with van der Waals surface area (Å²) in [6.07, 6.45) is -0.598. The SMILES string of the molecule is CCc1nc(N)cc(NCC(O)C(N)=O)n1. The summed E-state index contributed by atoms with van der Waals surface area (Å²) < 4.78 is 0. The number of nitrogens with one attached hydrogen (secondary N) is 1. The summed E-state index contributed by atoms with van der Waals surface area (Å²) in [4.78, 5) is 18.7. The number of aliphatic hydroxyl groups excluding tert-OH is 1. The van der Waals surface area contributed by atoms with Crippen LogP contribution in [0.3, 0.4) is 0 Å². The molecule has 6 N–H and O–H groups in total. The molecule has 1 amide bonds. The van der Waals surface area contributed by atoms with Gasteiger partial charge in [0, 0.05) is 12.5 Å². The van der Waals surface area contributed by atoms with Crippen molar-refractivity contribution in [2.24, 2.45) is 5.73 Å². The minimum atomic E-state index is -1.25. The van der Waals surface area contributed by atoms with E-state index in [0.717, 1.165) is 0 Å². The first-order valence-corrected chi connectivity index (χ1v) is 4.87. The van der Waals surface area contributed by atoms with Crippen molar-refractivity contribution in [3.05, 3.63) is 11.9 Å². The molecule has 0 bridgehead atoms. The Hall–Kier alpha value is -1.89. The van der Waals surface area contributed by atoms with E-state index in [1.807, 2.05) is 6.92 Å². The van der Waals surface area contributed by atoms with Gasteiger partial charge in [-0.15, -0.1) is 0 Å². The summed E-state index contributed by atoms with van der Waals surface area (Å²) in [7, 11) is 0. The fourth-order valence-corrected chi connectivity index (χ4v) is 1.07. The van der Waals surface area contributed by atoms with E-state index in [-0.39, 0.29) is 6.54 Å². The highest BCUT2D eigenvalue weighted by atomic mass is 16.3. The predicted octanol–water partition coefficient (Wildman–Crippen LogP) is -1.12. The van der Waals surface area contributed by atoms with Gasteiger partial charge in [0.1, 0.15) is 23.6 Å². The van der Waals surface area contributed by atoms with Crippen LogP contribution in [-0.2, 0) is 11.2 Å². The molecule has 0 aliphatic rings. The van der Waals surface area contributed by atoms with E-state index in [2.05, 4.69) is 15.3 Å². The molecule has 1 aromatic heterocycles. The van der Waals surface area contributed by atoms with Gasteiger partial charge in [0.25, 0.3) is 0 Å². The predicted molar refractivity (Wildman–Crippen MR) is 59.5 cm³/mol. The van der Waals surface area contributed by atoms with Crippen molar-refractivity contribution >= 4 is 17.5 Å². The van der Waals surface area contributed by atoms with Crippen LogP contribution in [0.25, 0.3) is 0 Å². The van der Waals surface area contributed by atoms with Crippen molar-refractivity contribution in [3.8, 4) is 0 Å². The monoisotopic (exact) mass is 225 g/mol. The number of carbonyl (C=O) groups excluding carboxylic acids is 1. The van der Waals surface area contributed by atoms with Crippen molar-refractivity contribution in [1.82, 2.24) is 9.97 Å². The maximum atomic E-state index is 10.6. The normalized spacial score (nSPS) is 12.1. The van der Waals surface area contributed by atoms with E-state index in [1.54, 1.807) is 0 Å². The zero-order chi connectivity index (χ0) is 12.1. The van der Waals surface area contributed by atoms with Gasteiger partial charge in [0.05, 0.1) is 6.54 Å². The van der Waals surface area contributed by atoms with Crippen LogP contribution in [0.2, 0.25) is 0 Å². The molecule has 0 spiro atoms. The molecule has 0 saturated carbocycles. The molecule has 1 heterocycles. The lowest BCUT2D eigenvalue weighted by molar-refractivity contribution is -0.125. The Bertz CT molecular complexity index is 382. The highest BCUT2D eigenvalue weighted by molar-refractivity contribution is 5.79. The molecule has 16 heavy (non-hydrogen) atoms. The van der Waals surface area contributed by atoms with E-state index in [1.165, 1.54) is 6.07 Å². The molecule has 7 heteroatoms. The zero-order valence-electron chi connectivity index (χ0n) is 8.97. The fourth-order valence-electron chi connectivity index (χ4n) is 1.07. The summed E-state index contributed by atoms with van der Waals surface area (Å²) in [6, 6.07) is 1.52.